The molecule has 2 N–H and O–H groups in total. The minimum absolute atomic E-state index is 0.200. The molecular formula is C18H30N2O. The Balaban J connectivity index is 2.20. The maximum absolute atomic E-state index is 6.11. The molecule has 0 amide bonds. The maximum Gasteiger partial charge on any atom is 0.120 e. The molecule has 0 aromatic heterocycles. The van der Waals surface area contributed by atoms with Crippen molar-refractivity contribution >= 4 is 0 Å². The summed E-state index contributed by atoms with van der Waals surface area (Å²) in [6, 6.07) is 9.33. The highest BCUT2D eigenvalue weighted by atomic mass is 16.5. The Kier molecular flexibility index (Phi) is 5.65. The average molecular weight is 290 g/mol. The Labute approximate surface area is 129 Å². The Morgan fingerprint density at radius 1 is 1.29 bits per heavy atom. The molecule has 1 heterocycles. The lowest BCUT2D eigenvalue weighted by atomic mass is 9.91. The van der Waals surface area contributed by atoms with Crippen molar-refractivity contribution in [3.8, 4) is 5.75 Å². The summed E-state index contributed by atoms with van der Waals surface area (Å²) in [5.41, 5.74) is 7.39. The number of piperidine rings is 1. The van der Waals surface area contributed by atoms with Gasteiger partial charge < -0.3 is 10.5 Å². The van der Waals surface area contributed by atoms with Crippen molar-refractivity contribution in [1.82, 2.24) is 4.90 Å². The first-order valence-electron chi connectivity index (χ1n) is 8.23. The van der Waals surface area contributed by atoms with E-state index in [4.69, 9.17) is 10.5 Å². The van der Waals surface area contributed by atoms with Crippen LogP contribution in [0.15, 0.2) is 24.3 Å². The number of hydrogen-bond donors (Lipinski definition) is 1. The van der Waals surface area contributed by atoms with Gasteiger partial charge in [0.1, 0.15) is 5.75 Å². The largest absolute Gasteiger partial charge is 0.491 e. The third-order valence-corrected chi connectivity index (χ3v) is 4.40. The molecule has 3 atom stereocenters. The lowest BCUT2D eigenvalue weighted by Crippen LogP contribution is -2.45. The highest BCUT2D eigenvalue weighted by molar-refractivity contribution is 5.31. The van der Waals surface area contributed by atoms with Gasteiger partial charge in [-0.2, -0.15) is 0 Å². The van der Waals surface area contributed by atoms with E-state index in [2.05, 4.69) is 50.8 Å². The van der Waals surface area contributed by atoms with Crippen LogP contribution in [-0.4, -0.2) is 30.1 Å². The molecule has 21 heavy (non-hydrogen) atoms. The second-order valence-electron chi connectivity index (χ2n) is 6.72. The number of ether oxygens (including phenoxy) is 1. The Morgan fingerprint density at radius 3 is 2.71 bits per heavy atom. The monoisotopic (exact) mass is 290 g/mol. The molecule has 3 heteroatoms. The predicted molar refractivity (Wildman–Crippen MR) is 88.6 cm³/mol. The molecule has 1 aromatic rings. The van der Waals surface area contributed by atoms with Crippen molar-refractivity contribution < 1.29 is 4.74 Å². The molecule has 3 unspecified atom stereocenters. The van der Waals surface area contributed by atoms with Gasteiger partial charge in [-0.3, -0.25) is 4.90 Å². The first-order chi connectivity index (χ1) is 10.0. The van der Waals surface area contributed by atoms with Crippen LogP contribution in [0.4, 0.5) is 0 Å². The fourth-order valence-corrected chi connectivity index (χ4v) is 3.29. The number of rotatable bonds is 5. The third kappa shape index (κ3) is 4.21. The van der Waals surface area contributed by atoms with Crippen molar-refractivity contribution in [2.75, 3.05) is 13.1 Å². The molecule has 1 aliphatic rings. The number of hydrogen-bond acceptors (Lipinski definition) is 3. The quantitative estimate of drug-likeness (QED) is 0.900. The summed E-state index contributed by atoms with van der Waals surface area (Å²) in [6.45, 7) is 10.6. The summed E-state index contributed by atoms with van der Waals surface area (Å²) in [5.74, 6) is 1.70. The highest BCUT2D eigenvalue weighted by Crippen LogP contribution is 2.31. The van der Waals surface area contributed by atoms with Crippen molar-refractivity contribution in [3.63, 3.8) is 0 Å². The molecule has 1 aromatic carbocycles. The van der Waals surface area contributed by atoms with E-state index in [1.54, 1.807) is 0 Å². The van der Waals surface area contributed by atoms with E-state index in [1.165, 1.54) is 18.4 Å². The first-order valence-corrected chi connectivity index (χ1v) is 8.23. The fourth-order valence-electron chi connectivity index (χ4n) is 3.29. The number of nitrogens with zero attached hydrogens (tertiary/aromatic N) is 1. The van der Waals surface area contributed by atoms with Crippen LogP contribution in [0, 0.1) is 5.92 Å². The SMILES string of the molecule is CC1CCC(C)N(C(CN)c2cccc(OC(C)C)c2)C1. The van der Waals surface area contributed by atoms with Crippen LogP contribution in [0.2, 0.25) is 0 Å². The van der Waals surface area contributed by atoms with Gasteiger partial charge in [0.05, 0.1) is 6.10 Å². The molecular weight excluding hydrogens is 260 g/mol. The summed E-state index contributed by atoms with van der Waals surface area (Å²) in [6.07, 6.45) is 2.79. The topological polar surface area (TPSA) is 38.5 Å². The molecule has 0 radical (unpaired) electrons. The van der Waals surface area contributed by atoms with Gasteiger partial charge in [0.15, 0.2) is 0 Å². The zero-order valence-electron chi connectivity index (χ0n) is 13.9. The smallest absolute Gasteiger partial charge is 0.120 e. The third-order valence-electron chi connectivity index (χ3n) is 4.40. The minimum Gasteiger partial charge on any atom is -0.491 e. The van der Waals surface area contributed by atoms with Crippen LogP contribution >= 0.6 is 0 Å². The molecule has 1 aliphatic heterocycles. The minimum atomic E-state index is 0.200. The van der Waals surface area contributed by atoms with Crippen LogP contribution in [0.5, 0.6) is 5.75 Å². The number of benzene rings is 1. The summed E-state index contributed by atoms with van der Waals surface area (Å²) in [5, 5.41) is 0. The molecule has 1 saturated heterocycles. The molecule has 0 saturated carbocycles. The summed E-state index contributed by atoms with van der Waals surface area (Å²) in [7, 11) is 0. The van der Waals surface area contributed by atoms with Crippen LogP contribution in [0.1, 0.15) is 52.1 Å². The molecule has 0 bridgehead atoms. The van der Waals surface area contributed by atoms with E-state index in [1.807, 2.05) is 6.07 Å². The van der Waals surface area contributed by atoms with Gasteiger partial charge >= 0.3 is 0 Å². The van der Waals surface area contributed by atoms with E-state index >= 15 is 0 Å². The van der Waals surface area contributed by atoms with Gasteiger partial charge in [0, 0.05) is 25.2 Å². The Hall–Kier alpha value is -1.06. The molecule has 0 aliphatic carbocycles. The van der Waals surface area contributed by atoms with E-state index in [0.717, 1.165) is 18.2 Å². The Morgan fingerprint density at radius 2 is 2.05 bits per heavy atom. The number of likely N-dealkylation sites (tertiary alicyclic amines) is 1. The van der Waals surface area contributed by atoms with Crippen LogP contribution in [0.25, 0.3) is 0 Å². The fraction of sp³-hybridized carbons (Fsp3) is 0.667. The zero-order chi connectivity index (χ0) is 15.4. The van der Waals surface area contributed by atoms with Crippen molar-refractivity contribution in [2.24, 2.45) is 11.7 Å². The summed E-state index contributed by atoms with van der Waals surface area (Å²) >= 11 is 0. The van der Waals surface area contributed by atoms with Gasteiger partial charge in [-0.05, 0) is 57.2 Å². The molecule has 0 spiro atoms. The lowest BCUT2D eigenvalue weighted by Gasteiger charge is -2.42. The van der Waals surface area contributed by atoms with Crippen LogP contribution in [0.3, 0.4) is 0 Å². The highest BCUT2D eigenvalue weighted by Gasteiger charge is 2.29. The molecule has 3 nitrogen and oxygen atoms in total. The van der Waals surface area contributed by atoms with Crippen molar-refractivity contribution in [2.45, 2.75) is 58.7 Å². The van der Waals surface area contributed by atoms with Crippen LogP contribution in [-0.2, 0) is 0 Å². The van der Waals surface area contributed by atoms with E-state index in [9.17, 15) is 0 Å². The maximum atomic E-state index is 6.11. The van der Waals surface area contributed by atoms with E-state index in [-0.39, 0.29) is 6.10 Å². The van der Waals surface area contributed by atoms with Gasteiger partial charge in [-0.1, -0.05) is 19.1 Å². The second-order valence-corrected chi connectivity index (χ2v) is 6.72. The first kappa shape index (κ1) is 16.3. The summed E-state index contributed by atoms with van der Waals surface area (Å²) in [4.78, 5) is 2.57. The van der Waals surface area contributed by atoms with Gasteiger partial charge in [-0.25, -0.2) is 0 Å². The standard InChI is InChI=1S/C18H30N2O/c1-13(2)21-17-7-5-6-16(10-17)18(11-19)20-12-14(3)8-9-15(20)4/h5-7,10,13-15,18H,8-9,11-12,19H2,1-4H3. The van der Waals surface area contributed by atoms with E-state index < -0.39 is 0 Å². The lowest BCUT2D eigenvalue weighted by molar-refractivity contribution is 0.0796. The number of nitrogens with two attached hydrogens (primary N) is 1. The van der Waals surface area contributed by atoms with Crippen molar-refractivity contribution in [3.05, 3.63) is 29.8 Å². The second kappa shape index (κ2) is 7.28. The van der Waals surface area contributed by atoms with E-state index in [0.29, 0.717) is 18.6 Å². The normalized spacial score (nSPS) is 25.0. The molecule has 118 valence electrons. The van der Waals surface area contributed by atoms with Crippen molar-refractivity contribution in [1.29, 1.82) is 0 Å². The van der Waals surface area contributed by atoms with Crippen LogP contribution < -0.4 is 10.5 Å². The molecule has 1 fully saturated rings. The van der Waals surface area contributed by atoms with Gasteiger partial charge in [0.25, 0.3) is 0 Å². The average Bonchev–Trinajstić information content (AvgIpc) is 2.43. The zero-order valence-corrected chi connectivity index (χ0v) is 13.9. The molecule has 2 rings (SSSR count). The summed E-state index contributed by atoms with van der Waals surface area (Å²) < 4.78 is 5.83. The van der Waals surface area contributed by atoms with Gasteiger partial charge in [0.2, 0.25) is 0 Å². The Bertz CT molecular complexity index is 447. The van der Waals surface area contributed by atoms with Gasteiger partial charge in [-0.15, -0.1) is 0 Å². The predicted octanol–water partition coefficient (Wildman–Crippen LogP) is 3.59.